The Morgan fingerprint density at radius 1 is 0.217 bits per heavy atom. The van der Waals surface area contributed by atoms with E-state index in [-0.39, 0.29) is 13.4 Å². The van der Waals surface area contributed by atoms with Gasteiger partial charge in [-0.25, -0.2) is 0 Å². The highest BCUT2D eigenvalue weighted by atomic mass is 15.2. The minimum absolute atomic E-state index is 0.213. The van der Waals surface area contributed by atoms with Crippen LogP contribution in [0.4, 0.5) is 114 Å². The van der Waals surface area contributed by atoms with Gasteiger partial charge in [0.05, 0.1) is 0 Å². The summed E-state index contributed by atoms with van der Waals surface area (Å²) in [4.78, 5) is 19.6. The van der Waals surface area contributed by atoms with Crippen molar-refractivity contribution in [3.8, 4) is 0 Å². The van der Waals surface area contributed by atoms with E-state index in [9.17, 15) is 0 Å². The Balaban J connectivity index is 1.00. The molecule has 8 nitrogen and oxygen atoms in total. The minimum atomic E-state index is -0.213. The van der Waals surface area contributed by atoms with Crippen molar-refractivity contribution < 1.29 is 0 Å². The molecule has 4 aliphatic heterocycles. The van der Waals surface area contributed by atoms with Crippen molar-refractivity contribution in [2.24, 2.45) is 0 Å². The number of para-hydroxylation sites is 8. The normalized spacial score (nSPS) is 12.7. The SMILES string of the molecule is CN(C)c1cc2c3c(c1)N1c4cc(N(C)C)cc5c4B(c4ccc(N(c6ccccc6)c6ccccc6)cc4N5c4ccccc4)c4cc(N(c5ccccc5)c5ccccc5)cc(c41)B3c1ccc(N(c3ccccc3)c3ccccc3)cc1N2c1ccccc1. The zero-order chi connectivity index (χ0) is 61.6. The maximum atomic E-state index is 2.68. The fourth-order valence-electron chi connectivity index (χ4n) is 14.9. The lowest BCUT2D eigenvalue weighted by molar-refractivity contribution is 1.12. The van der Waals surface area contributed by atoms with Gasteiger partial charge in [-0.15, -0.1) is 0 Å². The van der Waals surface area contributed by atoms with Crippen molar-refractivity contribution in [2.75, 3.05) is 67.4 Å². The van der Waals surface area contributed by atoms with E-state index in [4.69, 9.17) is 0 Å². The fraction of sp³-hybridized carbons (Fsp3) is 0.0488. The summed E-state index contributed by atoms with van der Waals surface area (Å²) in [6.07, 6.45) is 0. The largest absolute Gasteiger partial charge is 0.378 e. The average Bonchev–Trinajstić information content (AvgIpc) is 0.674. The Kier molecular flexibility index (Phi) is 13.1. The van der Waals surface area contributed by atoms with Crippen LogP contribution in [0.2, 0.25) is 0 Å². The monoisotopic (exact) mass is 1180 g/mol. The molecule has 0 fully saturated rings. The van der Waals surface area contributed by atoms with Crippen LogP contribution in [-0.2, 0) is 0 Å². The summed E-state index contributed by atoms with van der Waals surface area (Å²) in [6.45, 7) is -0.426. The van der Waals surface area contributed by atoms with Crippen LogP contribution in [0.1, 0.15) is 0 Å². The molecule has 0 unspecified atom stereocenters. The molecule has 4 aliphatic rings. The van der Waals surface area contributed by atoms with Gasteiger partial charge in [0, 0.05) is 142 Å². The van der Waals surface area contributed by atoms with Crippen LogP contribution >= 0.6 is 0 Å². The van der Waals surface area contributed by atoms with Crippen molar-refractivity contribution in [2.45, 2.75) is 0 Å². The molecular weight excluding hydrogens is 1120 g/mol. The summed E-state index contributed by atoms with van der Waals surface area (Å²) >= 11 is 0. The molecule has 0 bridgehead atoms. The molecule has 4 heterocycles. The third-order valence-corrected chi connectivity index (χ3v) is 18.8. The zero-order valence-electron chi connectivity index (χ0n) is 51.8. The highest BCUT2D eigenvalue weighted by molar-refractivity contribution is 7.04. The summed E-state index contributed by atoms with van der Waals surface area (Å²) in [5, 5.41) is 0. The maximum Gasteiger partial charge on any atom is 0.252 e. The predicted molar refractivity (Wildman–Crippen MR) is 393 cm³/mol. The summed E-state index contributed by atoms with van der Waals surface area (Å²) in [5.41, 5.74) is 29.7. The van der Waals surface area contributed by atoms with Gasteiger partial charge in [0.15, 0.2) is 0 Å². The Labute approximate surface area is 539 Å². The van der Waals surface area contributed by atoms with E-state index in [2.05, 4.69) is 383 Å². The second-order valence-electron chi connectivity index (χ2n) is 24.6. The lowest BCUT2D eigenvalue weighted by atomic mass is 9.29. The molecule has 10 heteroatoms. The first-order valence-electron chi connectivity index (χ1n) is 31.7. The lowest BCUT2D eigenvalue weighted by Crippen LogP contribution is -2.68. The van der Waals surface area contributed by atoms with Crippen molar-refractivity contribution in [3.05, 3.63) is 315 Å². The molecule has 0 spiro atoms. The Hall–Kier alpha value is -11.6. The highest BCUT2D eigenvalue weighted by Gasteiger charge is 2.51. The molecule has 0 aromatic heterocycles. The van der Waals surface area contributed by atoms with Crippen molar-refractivity contribution in [1.82, 2.24) is 0 Å². The first-order valence-corrected chi connectivity index (χ1v) is 31.7. The molecule has 92 heavy (non-hydrogen) atoms. The summed E-state index contributed by atoms with van der Waals surface area (Å²) < 4.78 is 0. The molecule has 0 N–H and O–H groups in total. The number of fused-ring (bicyclic) bond motifs is 8. The molecule has 0 aliphatic carbocycles. The second kappa shape index (κ2) is 22.2. The average molecular weight is 1180 g/mol. The molecule has 0 radical (unpaired) electrons. The number of hydrogen-bond acceptors (Lipinski definition) is 8. The Morgan fingerprint density at radius 3 is 0.772 bits per heavy atom. The number of anilines is 20. The van der Waals surface area contributed by atoms with Crippen LogP contribution in [0, 0.1) is 0 Å². The van der Waals surface area contributed by atoms with Crippen molar-refractivity contribution >= 4 is 160 Å². The quantitative estimate of drug-likeness (QED) is 0.105. The molecule has 0 saturated carbocycles. The first-order chi connectivity index (χ1) is 45.3. The van der Waals surface area contributed by atoms with E-state index >= 15 is 0 Å². The van der Waals surface area contributed by atoms with E-state index in [0.29, 0.717) is 0 Å². The van der Waals surface area contributed by atoms with Crippen molar-refractivity contribution in [1.29, 1.82) is 0 Å². The third-order valence-electron chi connectivity index (χ3n) is 18.8. The number of nitrogens with zero attached hydrogens (tertiary/aromatic N) is 8. The zero-order valence-corrected chi connectivity index (χ0v) is 51.8. The van der Waals surface area contributed by atoms with E-state index in [1.807, 2.05) is 0 Å². The van der Waals surface area contributed by atoms with Crippen LogP contribution in [-0.4, -0.2) is 41.6 Å². The van der Waals surface area contributed by atoms with Crippen LogP contribution in [0.25, 0.3) is 0 Å². The first kappa shape index (κ1) is 54.5. The molecule has 438 valence electrons. The van der Waals surface area contributed by atoms with Gasteiger partial charge in [-0.3, -0.25) is 0 Å². The smallest absolute Gasteiger partial charge is 0.252 e. The highest BCUT2D eigenvalue weighted by Crippen LogP contribution is 2.52. The van der Waals surface area contributed by atoms with Crippen LogP contribution in [0.15, 0.2) is 315 Å². The van der Waals surface area contributed by atoms with Gasteiger partial charge >= 0.3 is 0 Å². The third kappa shape index (κ3) is 8.85. The van der Waals surface area contributed by atoms with E-state index < -0.39 is 0 Å². The molecule has 0 saturated heterocycles. The van der Waals surface area contributed by atoms with Crippen LogP contribution in [0.3, 0.4) is 0 Å². The van der Waals surface area contributed by atoms with Gasteiger partial charge < -0.3 is 39.2 Å². The Bertz CT molecular complexity index is 4520. The minimum Gasteiger partial charge on any atom is -0.378 e. The Morgan fingerprint density at radius 2 is 0.478 bits per heavy atom. The van der Waals surface area contributed by atoms with Crippen molar-refractivity contribution in [3.63, 3.8) is 0 Å². The molecule has 17 rings (SSSR count). The second-order valence-corrected chi connectivity index (χ2v) is 24.6. The number of benzene rings is 13. The molecule has 13 aromatic rings. The number of rotatable bonds is 13. The van der Waals surface area contributed by atoms with E-state index in [1.54, 1.807) is 0 Å². The summed E-state index contributed by atoms with van der Waals surface area (Å²) in [6, 6.07) is 116. The molecule has 13 aromatic carbocycles. The standard InChI is InChI=1S/C82H64B2N8/c1-85(2)67-53-76-80-78(55-67)92-79-56-68(86(3)4)54-77-81(79)84(71-48-46-66(52-75(71)91(77)64-43-27-12-28-44-64)88(59-33-17-7-18-34-59)60-35-19-8-20-36-60)73-50-69(89(61-37-21-9-22-38-61)62-39-23-10-24-40-62)49-72(82(73)92)83(80)70-47-45-65(51-74(70)90(76)63-41-25-11-26-42-63)87(57-29-13-5-14-30-57)58-31-15-6-16-32-58/h5-56H,1-4H3. The molecular formula is C82H64B2N8. The van der Waals surface area contributed by atoms with Crippen LogP contribution in [0.5, 0.6) is 0 Å². The van der Waals surface area contributed by atoms with Gasteiger partial charge in [-0.1, -0.05) is 158 Å². The lowest BCUT2D eigenvalue weighted by Gasteiger charge is -2.50. The predicted octanol–water partition coefficient (Wildman–Crippen LogP) is 16.9. The summed E-state index contributed by atoms with van der Waals surface area (Å²) in [7, 11) is 8.73. The molecule has 0 amide bonds. The molecule has 0 atom stereocenters. The van der Waals surface area contributed by atoms with Gasteiger partial charge in [0.1, 0.15) is 0 Å². The van der Waals surface area contributed by atoms with E-state index in [1.165, 1.54) is 38.5 Å². The van der Waals surface area contributed by atoms with Gasteiger partial charge in [0.2, 0.25) is 0 Å². The topological polar surface area (TPSA) is 25.9 Å². The van der Waals surface area contributed by atoms with E-state index in [0.717, 1.165) is 108 Å². The van der Waals surface area contributed by atoms with Crippen LogP contribution < -0.4 is 72.0 Å². The maximum absolute atomic E-state index is 2.68. The number of hydrogen-bond donors (Lipinski definition) is 0. The van der Waals surface area contributed by atoms with Gasteiger partial charge in [-0.2, -0.15) is 0 Å². The van der Waals surface area contributed by atoms with Gasteiger partial charge in [0.25, 0.3) is 13.4 Å². The van der Waals surface area contributed by atoms with Gasteiger partial charge in [-0.05, 0) is 191 Å². The fourth-order valence-corrected chi connectivity index (χ4v) is 14.9. The summed E-state index contributed by atoms with van der Waals surface area (Å²) in [5.74, 6) is 0.